The largest absolute Gasteiger partial charge is 0.355 e. The Morgan fingerprint density at radius 3 is 2.42 bits per heavy atom. The molecule has 26 heavy (non-hydrogen) atoms. The minimum Gasteiger partial charge on any atom is -0.355 e. The molecule has 3 aliphatic rings. The lowest BCUT2D eigenvalue weighted by atomic mass is 9.77. The molecule has 7 nitrogen and oxygen atoms in total. The smallest absolute Gasteiger partial charge is 0.319 e. The molecule has 3 rings (SSSR count). The summed E-state index contributed by atoms with van der Waals surface area (Å²) in [5, 5.41) is 2.91. The van der Waals surface area contributed by atoms with Crippen molar-refractivity contribution in [3.63, 3.8) is 0 Å². The lowest BCUT2D eigenvalue weighted by Crippen LogP contribution is -2.49. The summed E-state index contributed by atoms with van der Waals surface area (Å²) in [6, 6.07) is -0.0650. The third-order valence-corrected chi connectivity index (χ3v) is 5.94. The molecule has 2 unspecified atom stereocenters. The molecule has 7 heteroatoms. The van der Waals surface area contributed by atoms with E-state index in [1.54, 1.807) is 23.9 Å². The first-order valence-corrected chi connectivity index (χ1v) is 9.42. The van der Waals surface area contributed by atoms with Crippen LogP contribution in [0.2, 0.25) is 0 Å². The number of nitrogens with one attached hydrogen (secondary N) is 1. The summed E-state index contributed by atoms with van der Waals surface area (Å²) in [6.07, 6.45) is 7.13. The Morgan fingerprint density at radius 2 is 1.85 bits per heavy atom. The molecule has 4 amide bonds. The van der Waals surface area contributed by atoms with Crippen molar-refractivity contribution in [3.05, 3.63) is 12.2 Å². The normalized spacial score (nSPS) is 31.7. The number of hydrogen-bond acceptors (Lipinski definition) is 3. The molecule has 2 atom stereocenters. The number of carbonyl (C=O) groups excluding carboxylic acids is 3. The fourth-order valence-corrected chi connectivity index (χ4v) is 4.40. The minimum atomic E-state index is -0.393. The van der Waals surface area contributed by atoms with Crippen molar-refractivity contribution < 1.29 is 14.4 Å². The standard InChI is InChI=1S/C19H30N4O3/c1-18(7-5-4-6-8-18)16(25)22-9-10-23(17(26)21(2)3)14-19(13-22)11-15(24)20-12-19/h4-5H,6-14H2,1-3H3,(H,20,24). The van der Waals surface area contributed by atoms with E-state index >= 15 is 0 Å². The minimum absolute atomic E-state index is 0.00311. The second-order valence-electron chi connectivity index (χ2n) is 8.55. The van der Waals surface area contributed by atoms with Crippen molar-refractivity contribution in [2.45, 2.75) is 32.6 Å². The predicted octanol–water partition coefficient (Wildman–Crippen LogP) is 1.06. The first-order chi connectivity index (χ1) is 12.2. The highest BCUT2D eigenvalue weighted by Crippen LogP contribution is 2.37. The predicted molar refractivity (Wildman–Crippen MR) is 98.4 cm³/mol. The molecule has 1 N–H and O–H groups in total. The molecule has 0 aromatic heterocycles. The zero-order chi connectivity index (χ0) is 18.9. The summed E-state index contributed by atoms with van der Waals surface area (Å²) in [4.78, 5) is 43.1. The van der Waals surface area contributed by atoms with E-state index in [9.17, 15) is 14.4 Å². The Balaban J connectivity index is 1.84. The Morgan fingerprint density at radius 1 is 1.15 bits per heavy atom. The summed E-state index contributed by atoms with van der Waals surface area (Å²) in [5.41, 5.74) is -0.775. The van der Waals surface area contributed by atoms with Crippen LogP contribution < -0.4 is 5.32 Å². The third-order valence-electron chi connectivity index (χ3n) is 5.94. The quantitative estimate of drug-likeness (QED) is 0.709. The van der Waals surface area contributed by atoms with Gasteiger partial charge in [-0.3, -0.25) is 9.59 Å². The number of allylic oxidation sites excluding steroid dienone is 2. The summed E-state index contributed by atoms with van der Waals surface area (Å²) in [6.45, 7) is 4.61. The second kappa shape index (κ2) is 6.93. The maximum Gasteiger partial charge on any atom is 0.319 e. The van der Waals surface area contributed by atoms with Gasteiger partial charge in [0.1, 0.15) is 0 Å². The molecular formula is C19H30N4O3. The van der Waals surface area contributed by atoms with Gasteiger partial charge in [0.15, 0.2) is 0 Å². The summed E-state index contributed by atoms with van der Waals surface area (Å²) < 4.78 is 0. The summed E-state index contributed by atoms with van der Waals surface area (Å²) >= 11 is 0. The Kier molecular flexibility index (Phi) is 4.99. The highest BCUT2D eigenvalue weighted by Gasteiger charge is 2.47. The van der Waals surface area contributed by atoms with Crippen molar-refractivity contribution in [2.75, 3.05) is 46.8 Å². The molecule has 1 spiro atoms. The van der Waals surface area contributed by atoms with E-state index in [1.165, 1.54) is 0 Å². The monoisotopic (exact) mass is 362 g/mol. The molecule has 1 aliphatic carbocycles. The molecule has 2 fully saturated rings. The highest BCUT2D eigenvalue weighted by molar-refractivity contribution is 5.84. The van der Waals surface area contributed by atoms with Crippen LogP contribution in [0.25, 0.3) is 0 Å². The van der Waals surface area contributed by atoms with Crippen LogP contribution in [0.5, 0.6) is 0 Å². The van der Waals surface area contributed by atoms with Gasteiger partial charge in [0.05, 0.1) is 5.41 Å². The fraction of sp³-hybridized carbons (Fsp3) is 0.737. The molecule has 2 heterocycles. The lowest BCUT2D eigenvalue weighted by molar-refractivity contribution is -0.143. The van der Waals surface area contributed by atoms with Gasteiger partial charge in [0, 0.05) is 58.7 Å². The molecular weight excluding hydrogens is 332 g/mol. The number of urea groups is 1. The van der Waals surface area contributed by atoms with Gasteiger partial charge in [-0.15, -0.1) is 0 Å². The molecule has 0 bridgehead atoms. The highest BCUT2D eigenvalue weighted by atomic mass is 16.2. The Hall–Kier alpha value is -2.05. The zero-order valence-corrected chi connectivity index (χ0v) is 16.1. The fourth-order valence-electron chi connectivity index (χ4n) is 4.40. The van der Waals surface area contributed by atoms with Crippen molar-refractivity contribution in [1.29, 1.82) is 0 Å². The zero-order valence-electron chi connectivity index (χ0n) is 16.1. The van der Waals surface area contributed by atoms with Crippen LogP contribution in [0.15, 0.2) is 12.2 Å². The van der Waals surface area contributed by atoms with Crippen molar-refractivity contribution in [2.24, 2.45) is 10.8 Å². The van der Waals surface area contributed by atoms with Gasteiger partial charge < -0.3 is 20.0 Å². The van der Waals surface area contributed by atoms with Gasteiger partial charge >= 0.3 is 6.03 Å². The van der Waals surface area contributed by atoms with Gasteiger partial charge in [-0.25, -0.2) is 4.79 Å². The van der Waals surface area contributed by atoms with Crippen molar-refractivity contribution >= 4 is 17.8 Å². The molecule has 2 saturated heterocycles. The van der Waals surface area contributed by atoms with Crippen molar-refractivity contribution in [1.82, 2.24) is 20.0 Å². The van der Waals surface area contributed by atoms with Crippen LogP contribution in [0.4, 0.5) is 4.79 Å². The van der Waals surface area contributed by atoms with Crippen molar-refractivity contribution in [3.8, 4) is 0 Å². The van der Waals surface area contributed by atoms with Gasteiger partial charge in [0.25, 0.3) is 0 Å². The summed E-state index contributed by atoms with van der Waals surface area (Å²) in [5.74, 6) is 0.156. The maximum absolute atomic E-state index is 13.3. The number of amides is 4. The van der Waals surface area contributed by atoms with E-state index < -0.39 is 5.41 Å². The number of hydrogen-bond donors (Lipinski definition) is 1. The van der Waals surface area contributed by atoms with Crippen LogP contribution >= 0.6 is 0 Å². The number of carbonyl (C=O) groups is 3. The van der Waals surface area contributed by atoms with Crippen LogP contribution in [0.3, 0.4) is 0 Å². The molecule has 0 aromatic rings. The van der Waals surface area contributed by atoms with Crippen LogP contribution in [0, 0.1) is 10.8 Å². The molecule has 144 valence electrons. The average Bonchev–Trinajstić information content (AvgIpc) is 2.86. The van der Waals surface area contributed by atoms with E-state index in [4.69, 9.17) is 0 Å². The van der Waals surface area contributed by atoms with Crippen LogP contribution in [-0.2, 0) is 9.59 Å². The Labute approximate surface area is 155 Å². The van der Waals surface area contributed by atoms with E-state index in [2.05, 4.69) is 17.5 Å². The molecule has 0 radical (unpaired) electrons. The lowest BCUT2D eigenvalue weighted by Gasteiger charge is -2.38. The SMILES string of the molecule is CN(C)C(=O)N1CCN(C(=O)C2(C)CC=CCC2)CC2(CNC(=O)C2)C1. The number of nitrogens with zero attached hydrogens (tertiary/aromatic N) is 3. The van der Waals surface area contributed by atoms with E-state index in [0.29, 0.717) is 39.1 Å². The molecule has 0 saturated carbocycles. The topological polar surface area (TPSA) is 73.0 Å². The van der Waals surface area contributed by atoms with E-state index in [1.807, 2.05) is 11.8 Å². The summed E-state index contributed by atoms with van der Waals surface area (Å²) in [7, 11) is 3.46. The molecule has 2 aliphatic heterocycles. The van der Waals surface area contributed by atoms with Crippen LogP contribution in [0.1, 0.15) is 32.6 Å². The second-order valence-corrected chi connectivity index (χ2v) is 8.55. The molecule has 0 aromatic carbocycles. The van der Waals surface area contributed by atoms with Gasteiger partial charge in [-0.05, 0) is 19.3 Å². The average molecular weight is 362 g/mol. The van der Waals surface area contributed by atoms with Gasteiger partial charge in [-0.1, -0.05) is 19.1 Å². The van der Waals surface area contributed by atoms with Gasteiger partial charge in [-0.2, -0.15) is 0 Å². The van der Waals surface area contributed by atoms with E-state index in [-0.39, 0.29) is 23.3 Å². The van der Waals surface area contributed by atoms with Gasteiger partial charge in [0.2, 0.25) is 11.8 Å². The Bertz CT molecular complexity index is 632. The first-order valence-electron chi connectivity index (χ1n) is 9.42. The number of rotatable bonds is 1. The third kappa shape index (κ3) is 3.57. The van der Waals surface area contributed by atoms with E-state index in [0.717, 1.165) is 19.3 Å². The maximum atomic E-state index is 13.3. The van der Waals surface area contributed by atoms with Crippen LogP contribution in [-0.4, -0.2) is 79.4 Å². The first kappa shape index (κ1) is 18.7.